The van der Waals surface area contributed by atoms with Crippen LogP contribution < -0.4 is 5.73 Å². The first-order valence-electron chi connectivity index (χ1n) is 4.62. The van der Waals surface area contributed by atoms with Gasteiger partial charge in [0.15, 0.2) is 0 Å². The van der Waals surface area contributed by atoms with E-state index in [-0.39, 0.29) is 0 Å². The van der Waals surface area contributed by atoms with Crippen molar-refractivity contribution in [3.8, 4) is 0 Å². The standard InChI is InChI=1S/C9H16ClN/c10-4-8-6-1-2-7(3-6)9(8)5-11/h6-9H,1-5,11H2/t6-,7+,8-,9-/m1/s1. The molecule has 2 heteroatoms. The van der Waals surface area contributed by atoms with E-state index in [0.29, 0.717) is 0 Å². The second-order valence-corrected chi connectivity index (χ2v) is 4.36. The zero-order chi connectivity index (χ0) is 7.84. The molecule has 4 atom stereocenters. The van der Waals surface area contributed by atoms with E-state index < -0.39 is 0 Å². The SMILES string of the molecule is NC[C@@H]1[C@H]2CC[C@H](C2)[C@H]1CCl. The van der Waals surface area contributed by atoms with E-state index in [9.17, 15) is 0 Å². The first-order chi connectivity index (χ1) is 5.36. The van der Waals surface area contributed by atoms with Crippen LogP contribution in [0, 0.1) is 23.7 Å². The Kier molecular flexibility index (Phi) is 2.11. The smallest absolute Gasteiger partial charge is 0.0257 e. The van der Waals surface area contributed by atoms with Gasteiger partial charge in [0.2, 0.25) is 0 Å². The summed E-state index contributed by atoms with van der Waals surface area (Å²) in [6, 6.07) is 0. The number of rotatable bonds is 2. The van der Waals surface area contributed by atoms with Gasteiger partial charge in [-0.05, 0) is 49.5 Å². The molecule has 2 aliphatic carbocycles. The first kappa shape index (κ1) is 7.88. The molecule has 0 amide bonds. The Morgan fingerprint density at radius 2 is 1.82 bits per heavy atom. The second kappa shape index (κ2) is 2.95. The van der Waals surface area contributed by atoms with Gasteiger partial charge in [-0.15, -0.1) is 11.6 Å². The molecule has 0 saturated heterocycles. The molecule has 0 aromatic rings. The minimum atomic E-state index is 0.750. The quantitative estimate of drug-likeness (QED) is 0.634. The third kappa shape index (κ3) is 1.09. The van der Waals surface area contributed by atoms with Gasteiger partial charge in [0.1, 0.15) is 0 Å². The molecule has 2 fully saturated rings. The van der Waals surface area contributed by atoms with Gasteiger partial charge >= 0.3 is 0 Å². The molecule has 0 aliphatic heterocycles. The third-order valence-corrected chi connectivity index (χ3v) is 4.08. The first-order valence-corrected chi connectivity index (χ1v) is 5.16. The summed E-state index contributed by atoms with van der Waals surface area (Å²) in [5.41, 5.74) is 5.73. The highest BCUT2D eigenvalue weighted by Crippen LogP contribution is 2.52. The highest BCUT2D eigenvalue weighted by molar-refractivity contribution is 6.18. The fourth-order valence-electron chi connectivity index (χ4n) is 3.14. The molecule has 0 spiro atoms. The van der Waals surface area contributed by atoms with Crippen LogP contribution in [-0.2, 0) is 0 Å². The highest BCUT2D eigenvalue weighted by atomic mass is 35.5. The molecule has 0 aromatic carbocycles. The van der Waals surface area contributed by atoms with Crippen LogP contribution in [0.3, 0.4) is 0 Å². The van der Waals surface area contributed by atoms with Crippen molar-refractivity contribution < 1.29 is 0 Å². The minimum Gasteiger partial charge on any atom is -0.330 e. The largest absolute Gasteiger partial charge is 0.330 e. The summed E-state index contributed by atoms with van der Waals surface area (Å²) in [6.07, 6.45) is 4.25. The summed E-state index contributed by atoms with van der Waals surface area (Å²) in [5.74, 6) is 4.19. The number of nitrogens with two attached hydrogens (primary N) is 1. The predicted molar refractivity (Wildman–Crippen MR) is 47.6 cm³/mol. The average Bonchev–Trinajstić information content (AvgIpc) is 2.60. The van der Waals surface area contributed by atoms with Crippen molar-refractivity contribution in [3.05, 3.63) is 0 Å². The molecule has 0 aromatic heterocycles. The van der Waals surface area contributed by atoms with Crippen molar-refractivity contribution in [2.75, 3.05) is 12.4 Å². The van der Waals surface area contributed by atoms with Crippen LogP contribution in [-0.4, -0.2) is 12.4 Å². The highest BCUT2D eigenvalue weighted by Gasteiger charge is 2.45. The zero-order valence-electron chi connectivity index (χ0n) is 6.80. The van der Waals surface area contributed by atoms with Crippen LogP contribution in [0.2, 0.25) is 0 Å². The molecule has 2 N–H and O–H groups in total. The second-order valence-electron chi connectivity index (χ2n) is 4.05. The van der Waals surface area contributed by atoms with Crippen LogP contribution in [0.5, 0.6) is 0 Å². The molecule has 2 bridgehead atoms. The van der Waals surface area contributed by atoms with Gasteiger partial charge in [-0.1, -0.05) is 0 Å². The molecule has 2 saturated carbocycles. The van der Waals surface area contributed by atoms with Crippen LogP contribution in [0.15, 0.2) is 0 Å². The van der Waals surface area contributed by atoms with E-state index in [2.05, 4.69) is 0 Å². The van der Waals surface area contributed by atoms with E-state index in [1.807, 2.05) is 0 Å². The summed E-state index contributed by atoms with van der Waals surface area (Å²) in [7, 11) is 0. The van der Waals surface area contributed by atoms with Gasteiger partial charge in [0.25, 0.3) is 0 Å². The summed E-state index contributed by atoms with van der Waals surface area (Å²) in [6.45, 7) is 0.860. The van der Waals surface area contributed by atoms with Gasteiger partial charge in [-0.2, -0.15) is 0 Å². The Bertz CT molecular complexity index is 132. The fraction of sp³-hybridized carbons (Fsp3) is 1.00. The summed E-state index contributed by atoms with van der Waals surface area (Å²) >= 11 is 5.92. The van der Waals surface area contributed by atoms with Gasteiger partial charge in [0, 0.05) is 5.88 Å². The summed E-state index contributed by atoms with van der Waals surface area (Å²) in [4.78, 5) is 0. The van der Waals surface area contributed by atoms with Gasteiger partial charge in [-0.3, -0.25) is 0 Å². The van der Waals surface area contributed by atoms with Crippen LogP contribution in [0.1, 0.15) is 19.3 Å². The molecule has 0 heterocycles. The monoisotopic (exact) mass is 173 g/mol. The summed E-state index contributed by atoms with van der Waals surface area (Å²) < 4.78 is 0. The van der Waals surface area contributed by atoms with E-state index >= 15 is 0 Å². The lowest BCUT2D eigenvalue weighted by molar-refractivity contribution is 0.249. The normalized spacial score (nSPS) is 48.5. The number of alkyl halides is 1. The molecule has 11 heavy (non-hydrogen) atoms. The molecule has 2 rings (SSSR count). The van der Waals surface area contributed by atoms with Crippen molar-refractivity contribution in [2.24, 2.45) is 29.4 Å². The zero-order valence-corrected chi connectivity index (χ0v) is 7.56. The number of hydrogen-bond acceptors (Lipinski definition) is 1. The van der Waals surface area contributed by atoms with E-state index in [1.165, 1.54) is 19.3 Å². The Balaban J connectivity index is 2.08. The molecule has 0 radical (unpaired) electrons. The molecule has 1 nitrogen and oxygen atoms in total. The average molecular weight is 174 g/mol. The van der Waals surface area contributed by atoms with Crippen LogP contribution >= 0.6 is 11.6 Å². The third-order valence-electron chi connectivity index (χ3n) is 3.73. The van der Waals surface area contributed by atoms with Crippen LogP contribution in [0.4, 0.5) is 0 Å². The van der Waals surface area contributed by atoms with Crippen LogP contribution in [0.25, 0.3) is 0 Å². The van der Waals surface area contributed by atoms with Gasteiger partial charge in [-0.25, -0.2) is 0 Å². The van der Waals surface area contributed by atoms with E-state index in [1.54, 1.807) is 0 Å². The topological polar surface area (TPSA) is 26.0 Å². The Hall–Kier alpha value is 0.250. The maximum Gasteiger partial charge on any atom is 0.0257 e. The maximum absolute atomic E-state index is 5.92. The fourth-order valence-corrected chi connectivity index (χ4v) is 3.62. The molecule has 64 valence electrons. The van der Waals surface area contributed by atoms with Gasteiger partial charge < -0.3 is 5.73 Å². The number of fused-ring (bicyclic) bond motifs is 2. The summed E-state index contributed by atoms with van der Waals surface area (Å²) in [5, 5.41) is 0. The minimum absolute atomic E-state index is 0.750. The Morgan fingerprint density at radius 1 is 1.18 bits per heavy atom. The Labute approximate surface area is 73.3 Å². The van der Waals surface area contributed by atoms with Crippen molar-refractivity contribution in [2.45, 2.75) is 19.3 Å². The van der Waals surface area contributed by atoms with Crippen molar-refractivity contribution in [1.29, 1.82) is 0 Å². The molecule has 0 unspecified atom stereocenters. The lowest BCUT2D eigenvalue weighted by Gasteiger charge is -2.28. The van der Waals surface area contributed by atoms with Crippen molar-refractivity contribution in [3.63, 3.8) is 0 Å². The molecular weight excluding hydrogens is 158 g/mol. The van der Waals surface area contributed by atoms with Crippen molar-refractivity contribution in [1.82, 2.24) is 0 Å². The molecule has 2 aliphatic rings. The number of halogens is 1. The molecular formula is C9H16ClN. The number of hydrogen-bond donors (Lipinski definition) is 1. The Morgan fingerprint density at radius 3 is 2.27 bits per heavy atom. The predicted octanol–water partition coefficient (Wildman–Crippen LogP) is 1.85. The lowest BCUT2D eigenvalue weighted by Crippen LogP contribution is -2.29. The van der Waals surface area contributed by atoms with Gasteiger partial charge in [0.05, 0.1) is 0 Å². The van der Waals surface area contributed by atoms with E-state index in [0.717, 1.165) is 36.1 Å². The van der Waals surface area contributed by atoms with Crippen molar-refractivity contribution >= 4 is 11.6 Å². The lowest BCUT2D eigenvalue weighted by atomic mass is 9.80. The van der Waals surface area contributed by atoms with E-state index in [4.69, 9.17) is 17.3 Å². The maximum atomic E-state index is 5.92.